The molecule has 0 aliphatic carbocycles. The number of hydrogen-bond acceptors (Lipinski definition) is 5. The molecule has 2 aromatic rings. The molecule has 0 amide bonds. The minimum Gasteiger partial charge on any atom is -0.493 e. The summed E-state index contributed by atoms with van der Waals surface area (Å²) in [5.41, 5.74) is 1.90. The lowest BCUT2D eigenvalue weighted by Gasteiger charge is -2.12. The van der Waals surface area contributed by atoms with Gasteiger partial charge in [-0.05, 0) is 18.1 Å². The highest BCUT2D eigenvalue weighted by Gasteiger charge is 2.18. The van der Waals surface area contributed by atoms with Crippen molar-refractivity contribution in [3.8, 4) is 17.2 Å². The minimum absolute atomic E-state index is 0.123. The summed E-state index contributed by atoms with van der Waals surface area (Å²) >= 11 is 0. The van der Waals surface area contributed by atoms with Crippen LogP contribution in [0.15, 0.2) is 18.2 Å². The summed E-state index contributed by atoms with van der Waals surface area (Å²) in [4.78, 5) is 11.0. The van der Waals surface area contributed by atoms with E-state index in [4.69, 9.17) is 9.47 Å². The molecule has 0 bridgehead atoms. The third-order valence-corrected chi connectivity index (χ3v) is 3.00. The number of aromatic nitrogens is 3. The van der Waals surface area contributed by atoms with Crippen molar-refractivity contribution in [3.05, 3.63) is 29.6 Å². The monoisotopic (exact) mass is 275 g/mol. The van der Waals surface area contributed by atoms with Crippen molar-refractivity contribution < 1.29 is 14.3 Å². The molecule has 0 aliphatic heterocycles. The maximum absolute atomic E-state index is 11.0. The number of hydrogen-bond donors (Lipinski definition) is 0. The number of carbonyl (C=O) groups excluding carboxylic acids is 1. The van der Waals surface area contributed by atoms with E-state index in [1.807, 2.05) is 19.9 Å². The Labute approximate surface area is 117 Å². The maximum Gasteiger partial charge on any atom is 0.172 e. The number of carbonyl (C=O) groups is 1. The number of aldehydes is 1. The van der Waals surface area contributed by atoms with Crippen molar-refractivity contribution in [1.29, 1.82) is 0 Å². The van der Waals surface area contributed by atoms with Crippen molar-refractivity contribution in [2.45, 2.75) is 19.8 Å². The van der Waals surface area contributed by atoms with Crippen LogP contribution in [0.4, 0.5) is 0 Å². The number of nitrogens with zero attached hydrogens (tertiary/aromatic N) is 3. The molecule has 0 saturated carbocycles. The fraction of sp³-hybridized carbons (Fsp3) is 0.357. The normalized spacial score (nSPS) is 10.7. The first-order valence-corrected chi connectivity index (χ1v) is 6.25. The summed E-state index contributed by atoms with van der Waals surface area (Å²) in [6, 6.07) is 5.44. The minimum atomic E-state index is 0.123. The van der Waals surface area contributed by atoms with Crippen LogP contribution < -0.4 is 9.47 Å². The van der Waals surface area contributed by atoms with E-state index in [9.17, 15) is 4.79 Å². The molecule has 6 heteroatoms. The average molecular weight is 275 g/mol. The smallest absolute Gasteiger partial charge is 0.172 e. The molecule has 0 N–H and O–H groups in total. The zero-order valence-corrected chi connectivity index (χ0v) is 12.0. The second kappa shape index (κ2) is 5.73. The highest BCUT2D eigenvalue weighted by atomic mass is 16.5. The fourth-order valence-corrected chi connectivity index (χ4v) is 2.07. The Morgan fingerprint density at radius 3 is 2.45 bits per heavy atom. The van der Waals surface area contributed by atoms with Crippen LogP contribution in [0, 0.1) is 0 Å². The lowest BCUT2D eigenvalue weighted by molar-refractivity contribution is 0.111. The van der Waals surface area contributed by atoms with Gasteiger partial charge < -0.3 is 9.47 Å². The Kier molecular flexibility index (Phi) is 4.02. The number of benzene rings is 1. The third kappa shape index (κ3) is 2.36. The first kappa shape index (κ1) is 14.0. The molecule has 6 nitrogen and oxygen atoms in total. The Morgan fingerprint density at radius 1 is 1.20 bits per heavy atom. The maximum atomic E-state index is 11.0. The topological polar surface area (TPSA) is 66.2 Å². The third-order valence-electron chi connectivity index (χ3n) is 3.00. The van der Waals surface area contributed by atoms with Gasteiger partial charge in [-0.3, -0.25) is 4.79 Å². The summed E-state index contributed by atoms with van der Waals surface area (Å²) in [5.74, 6) is 1.36. The van der Waals surface area contributed by atoms with Crippen molar-refractivity contribution in [1.82, 2.24) is 15.0 Å². The second-order valence-electron chi connectivity index (χ2n) is 4.58. The van der Waals surface area contributed by atoms with Crippen LogP contribution in [0.5, 0.6) is 11.5 Å². The van der Waals surface area contributed by atoms with E-state index in [1.54, 1.807) is 31.0 Å². The molecule has 0 aliphatic rings. The first-order chi connectivity index (χ1) is 9.62. The van der Waals surface area contributed by atoms with E-state index in [0.29, 0.717) is 17.2 Å². The van der Waals surface area contributed by atoms with E-state index in [2.05, 4.69) is 10.3 Å². The number of rotatable bonds is 5. The molecule has 0 radical (unpaired) electrons. The van der Waals surface area contributed by atoms with Gasteiger partial charge in [-0.2, -0.15) is 0 Å². The molecule has 0 fully saturated rings. The molecule has 1 aromatic heterocycles. The molecule has 106 valence electrons. The van der Waals surface area contributed by atoms with Gasteiger partial charge >= 0.3 is 0 Å². The van der Waals surface area contributed by atoms with Gasteiger partial charge in [-0.25, -0.2) is 4.68 Å². The van der Waals surface area contributed by atoms with Crippen molar-refractivity contribution >= 4 is 6.29 Å². The van der Waals surface area contributed by atoms with E-state index < -0.39 is 0 Å². The van der Waals surface area contributed by atoms with E-state index in [1.165, 1.54) is 0 Å². The van der Waals surface area contributed by atoms with Crippen LogP contribution in [0.25, 0.3) is 5.69 Å². The molecule has 0 saturated heterocycles. The van der Waals surface area contributed by atoms with Crippen LogP contribution in [-0.4, -0.2) is 35.5 Å². The molecule has 0 atom stereocenters. The van der Waals surface area contributed by atoms with Crippen LogP contribution in [0.3, 0.4) is 0 Å². The van der Waals surface area contributed by atoms with Gasteiger partial charge in [0.1, 0.15) is 5.69 Å². The SMILES string of the molecule is COc1ccc(-n2nnc(C=O)c2C(C)C)cc1OC. The Hall–Kier alpha value is -2.37. The average Bonchev–Trinajstić information content (AvgIpc) is 2.90. The predicted molar refractivity (Wildman–Crippen MR) is 73.9 cm³/mol. The number of methoxy groups -OCH3 is 2. The lowest BCUT2D eigenvalue weighted by atomic mass is 10.1. The van der Waals surface area contributed by atoms with Crippen LogP contribution in [-0.2, 0) is 0 Å². The summed E-state index contributed by atoms with van der Waals surface area (Å²) in [6.07, 6.45) is 0.722. The summed E-state index contributed by atoms with van der Waals surface area (Å²) in [7, 11) is 3.15. The van der Waals surface area contributed by atoms with Gasteiger partial charge in [0.2, 0.25) is 0 Å². The van der Waals surface area contributed by atoms with Gasteiger partial charge in [-0.1, -0.05) is 19.1 Å². The fourth-order valence-electron chi connectivity index (χ4n) is 2.07. The molecular weight excluding hydrogens is 258 g/mol. The van der Waals surface area contributed by atoms with E-state index in [0.717, 1.165) is 17.7 Å². The van der Waals surface area contributed by atoms with Gasteiger partial charge in [0.25, 0.3) is 0 Å². The summed E-state index contributed by atoms with van der Waals surface area (Å²) in [6.45, 7) is 3.98. The molecule has 20 heavy (non-hydrogen) atoms. The standard InChI is InChI=1S/C14H17N3O3/c1-9(2)14-11(8-18)15-16-17(14)10-5-6-12(19-3)13(7-10)20-4/h5-9H,1-4H3. The van der Waals surface area contributed by atoms with Crippen LogP contribution in [0.1, 0.15) is 35.9 Å². The lowest BCUT2D eigenvalue weighted by Crippen LogP contribution is -2.06. The summed E-state index contributed by atoms with van der Waals surface area (Å²) in [5, 5.41) is 7.95. The Balaban J connectivity index is 2.57. The molecule has 0 unspecified atom stereocenters. The van der Waals surface area contributed by atoms with Gasteiger partial charge in [0.05, 0.1) is 25.6 Å². The van der Waals surface area contributed by atoms with Crippen molar-refractivity contribution in [2.75, 3.05) is 14.2 Å². The first-order valence-electron chi connectivity index (χ1n) is 6.25. The number of ether oxygens (including phenoxy) is 2. The highest BCUT2D eigenvalue weighted by molar-refractivity contribution is 5.74. The van der Waals surface area contributed by atoms with Gasteiger partial charge in [0, 0.05) is 6.07 Å². The molecular formula is C14H17N3O3. The van der Waals surface area contributed by atoms with Crippen LogP contribution in [0.2, 0.25) is 0 Å². The molecule has 0 spiro atoms. The van der Waals surface area contributed by atoms with E-state index in [-0.39, 0.29) is 5.92 Å². The Morgan fingerprint density at radius 2 is 1.90 bits per heavy atom. The Bertz CT molecular complexity index is 620. The summed E-state index contributed by atoms with van der Waals surface area (Å²) < 4.78 is 12.1. The quantitative estimate of drug-likeness (QED) is 0.783. The van der Waals surface area contributed by atoms with Crippen molar-refractivity contribution in [3.63, 3.8) is 0 Å². The van der Waals surface area contributed by atoms with Gasteiger partial charge in [0.15, 0.2) is 17.8 Å². The van der Waals surface area contributed by atoms with Gasteiger partial charge in [-0.15, -0.1) is 5.10 Å². The second-order valence-corrected chi connectivity index (χ2v) is 4.58. The zero-order valence-electron chi connectivity index (χ0n) is 12.0. The van der Waals surface area contributed by atoms with E-state index >= 15 is 0 Å². The largest absolute Gasteiger partial charge is 0.493 e. The highest BCUT2D eigenvalue weighted by Crippen LogP contribution is 2.30. The van der Waals surface area contributed by atoms with Crippen molar-refractivity contribution in [2.24, 2.45) is 0 Å². The van der Waals surface area contributed by atoms with Crippen LogP contribution >= 0.6 is 0 Å². The molecule has 1 heterocycles. The predicted octanol–water partition coefficient (Wildman–Crippen LogP) is 2.22. The molecule has 2 rings (SSSR count). The zero-order chi connectivity index (χ0) is 14.7. The molecule has 1 aromatic carbocycles.